The topological polar surface area (TPSA) is 122 Å². The zero-order valence-corrected chi connectivity index (χ0v) is 14.7. The quantitative estimate of drug-likeness (QED) is 0.345. The Morgan fingerprint density at radius 1 is 1.23 bits per heavy atom. The minimum absolute atomic E-state index is 0.0347. The van der Waals surface area contributed by atoms with Gasteiger partial charge in [-0.15, -0.1) is 0 Å². The Hall–Kier alpha value is -0.930. The summed E-state index contributed by atoms with van der Waals surface area (Å²) in [4.78, 5) is 35.1. The normalized spacial score (nSPS) is 15.0. The SMILES string of the molecule is CSCCC(N)C(=O)NC(C(=O)NC(CS)C(=O)O)C(C)C. The van der Waals surface area contributed by atoms with Crippen molar-refractivity contribution in [1.82, 2.24) is 10.6 Å². The van der Waals surface area contributed by atoms with Crippen LogP contribution in [0, 0.1) is 5.92 Å². The van der Waals surface area contributed by atoms with Crippen molar-refractivity contribution in [3.05, 3.63) is 0 Å². The molecule has 22 heavy (non-hydrogen) atoms. The zero-order valence-electron chi connectivity index (χ0n) is 13.0. The fourth-order valence-corrected chi connectivity index (χ4v) is 2.36. The largest absolute Gasteiger partial charge is 0.480 e. The van der Waals surface area contributed by atoms with Crippen molar-refractivity contribution in [2.45, 2.75) is 38.4 Å². The molecule has 0 aromatic carbocycles. The van der Waals surface area contributed by atoms with E-state index in [1.807, 2.05) is 6.26 Å². The minimum atomic E-state index is -1.17. The first-order valence-electron chi connectivity index (χ1n) is 6.93. The molecule has 0 heterocycles. The summed E-state index contributed by atoms with van der Waals surface area (Å²) < 4.78 is 0. The summed E-state index contributed by atoms with van der Waals surface area (Å²) in [6.07, 6.45) is 2.42. The number of carbonyl (C=O) groups excluding carboxylic acids is 2. The summed E-state index contributed by atoms with van der Waals surface area (Å²) in [5.74, 6) is -1.64. The molecule has 3 atom stereocenters. The van der Waals surface area contributed by atoms with Crippen LogP contribution in [0.3, 0.4) is 0 Å². The molecule has 7 nitrogen and oxygen atoms in total. The van der Waals surface area contributed by atoms with E-state index < -0.39 is 35.9 Å². The zero-order chi connectivity index (χ0) is 17.3. The third-order valence-corrected chi connectivity index (χ3v) is 4.02. The molecule has 0 aromatic heterocycles. The molecule has 3 unspecified atom stereocenters. The van der Waals surface area contributed by atoms with Crippen molar-refractivity contribution in [1.29, 1.82) is 0 Å². The highest BCUT2D eigenvalue weighted by Gasteiger charge is 2.29. The molecule has 0 rings (SSSR count). The molecule has 0 fully saturated rings. The number of nitrogens with one attached hydrogen (secondary N) is 2. The van der Waals surface area contributed by atoms with Crippen LogP contribution in [0.2, 0.25) is 0 Å². The molecular weight excluding hydrogens is 326 g/mol. The lowest BCUT2D eigenvalue weighted by Gasteiger charge is -2.24. The van der Waals surface area contributed by atoms with Crippen molar-refractivity contribution in [3.63, 3.8) is 0 Å². The van der Waals surface area contributed by atoms with E-state index in [4.69, 9.17) is 10.8 Å². The molecule has 5 N–H and O–H groups in total. The lowest BCUT2D eigenvalue weighted by molar-refractivity contribution is -0.141. The van der Waals surface area contributed by atoms with Gasteiger partial charge in [0.15, 0.2) is 0 Å². The lowest BCUT2D eigenvalue weighted by atomic mass is 10.0. The number of rotatable bonds is 10. The van der Waals surface area contributed by atoms with E-state index in [0.29, 0.717) is 6.42 Å². The molecule has 0 radical (unpaired) electrons. The van der Waals surface area contributed by atoms with E-state index >= 15 is 0 Å². The Balaban J connectivity index is 4.75. The second-order valence-electron chi connectivity index (χ2n) is 5.20. The molecule has 0 aromatic rings. The van der Waals surface area contributed by atoms with E-state index in [9.17, 15) is 14.4 Å². The third kappa shape index (κ3) is 7.37. The van der Waals surface area contributed by atoms with Crippen molar-refractivity contribution >= 4 is 42.2 Å². The van der Waals surface area contributed by atoms with Crippen LogP contribution in [-0.4, -0.2) is 58.8 Å². The second-order valence-corrected chi connectivity index (χ2v) is 6.55. The number of thioether (sulfide) groups is 1. The summed E-state index contributed by atoms with van der Waals surface area (Å²) in [6, 6.07) is -2.63. The van der Waals surface area contributed by atoms with Gasteiger partial charge in [-0.3, -0.25) is 9.59 Å². The Kier molecular flexibility index (Phi) is 10.3. The van der Waals surface area contributed by atoms with Gasteiger partial charge in [0.1, 0.15) is 12.1 Å². The number of hydrogen-bond acceptors (Lipinski definition) is 6. The highest BCUT2D eigenvalue weighted by Crippen LogP contribution is 2.05. The van der Waals surface area contributed by atoms with Gasteiger partial charge in [0.05, 0.1) is 6.04 Å². The molecule has 0 bridgehead atoms. The van der Waals surface area contributed by atoms with Crippen molar-refractivity contribution in [2.24, 2.45) is 11.7 Å². The Morgan fingerprint density at radius 2 is 1.82 bits per heavy atom. The van der Waals surface area contributed by atoms with Crippen molar-refractivity contribution < 1.29 is 19.5 Å². The molecule has 0 saturated heterocycles. The van der Waals surface area contributed by atoms with Gasteiger partial charge in [0, 0.05) is 5.75 Å². The molecule has 0 spiro atoms. The van der Waals surface area contributed by atoms with Gasteiger partial charge in [0.25, 0.3) is 0 Å². The first-order chi connectivity index (χ1) is 10.2. The van der Waals surface area contributed by atoms with E-state index in [-0.39, 0.29) is 11.7 Å². The van der Waals surface area contributed by atoms with E-state index in [1.54, 1.807) is 25.6 Å². The minimum Gasteiger partial charge on any atom is -0.480 e. The molecular formula is C13H25N3O4S2. The van der Waals surface area contributed by atoms with Gasteiger partial charge in [-0.1, -0.05) is 13.8 Å². The Morgan fingerprint density at radius 3 is 2.23 bits per heavy atom. The maximum atomic E-state index is 12.2. The fourth-order valence-electron chi connectivity index (χ4n) is 1.62. The first kappa shape index (κ1) is 21.1. The monoisotopic (exact) mass is 351 g/mol. The van der Waals surface area contributed by atoms with E-state index in [2.05, 4.69) is 23.3 Å². The number of amides is 2. The predicted octanol–water partition coefficient (Wildman–Crippen LogP) is -0.293. The van der Waals surface area contributed by atoms with Crippen LogP contribution in [0.4, 0.5) is 0 Å². The molecule has 9 heteroatoms. The number of nitrogens with two attached hydrogens (primary N) is 1. The van der Waals surface area contributed by atoms with Crippen LogP contribution in [0.15, 0.2) is 0 Å². The van der Waals surface area contributed by atoms with Gasteiger partial charge in [-0.05, 0) is 24.3 Å². The van der Waals surface area contributed by atoms with Crippen LogP contribution >= 0.6 is 24.4 Å². The third-order valence-electron chi connectivity index (χ3n) is 3.01. The van der Waals surface area contributed by atoms with Crippen molar-refractivity contribution in [2.75, 3.05) is 17.8 Å². The van der Waals surface area contributed by atoms with Crippen LogP contribution in [0.1, 0.15) is 20.3 Å². The summed E-state index contributed by atoms with van der Waals surface area (Å²) in [6.45, 7) is 3.52. The maximum Gasteiger partial charge on any atom is 0.327 e. The van der Waals surface area contributed by atoms with Crippen LogP contribution in [-0.2, 0) is 14.4 Å². The molecule has 0 aliphatic rings. The average molecular weight is 351 g/mol. The van der Waals surface area contributed by atoms with Crippen LogP contribution in [0.25, 0.3) is 0 Å². The summed E-state index contributed by atoms with van der Waals surface area (Å²) in [5.41, 5.74) is 5.76. The van der Waals surface area contributed by atoms with E-state index in [1.165, 1.54) is 0 Å². The number of carboxylic acid groups (broad SMARTS) is 1. The van der Waals surface area contributed by atoms with Crippen molar-refractivity contribution in [3.8, 4) is 0 Å². The predicted molar refractivity (Wildman–Crippen MR) is 91.2 cm³/mol. The van der Waals surface area contributed by atoms with Crippen LogP contribution < -0.4 is 16.4 Å². The Labute approximate surface area is 140 Å². The first-order valence-corrected chi connectivity index (χ1v) is 8.96. The number of thiol groups is 1. The lowest BCUT2D eigenvalue weighted by Crippen LogP contribution is -2.56. The maximum absolute atomic E-state index is 12.2. The van der Waals surface area contributed by atoms with Crippen LogP contribution in [0.5, 0.6) is 0 Å². The average Bonchev–Trinajstić information content (AvgIpc) is 2.46. The molecule has 0 aliphatic heterocycles. The number of aliphatic carboxylic acids is 1. The standard InChI is InChI=1S/C13H25N3O4S2/c1-7(2)10(12(18)15-9(6-21)13(19)20)16-11(17)8(14)4-5-22-3/h7-10,21H,4-6,14H2,1-3H3,(H,15,18)(H,16,17)(H,19,20). The van der Waals surface area contributed by atoms with E-state index in [0.717, 1.165) is 5.75 Å². The summed E-state index contributed by atoms with van der Waals surface area (Å²) in [7, 11) is 0. The molecule has 0 aliphatic carbocycles. The molecule has 2 amide bonds. The number of hydrogen-bond donors (Lipinski definition) is 5. The van der Waals surface area contributed by atoms with Gasteiger partial charge >= 0.3 is 5.97 Å². The number of carboxylic acids is 1. The summed E-state index contributed by atoms with van der Waals surface area (Å²) in [5, 5.41) is 13.9. The van der Waals surface area contributed by atoms with Gasteiger partial charge in [0.2, 0.25) is 11.8 Å². The second kappa shape index (κ2) is 10.7. The molecule has 0 saturated carbocycles. The smallest absolute Gasteiger partial charge is 0.327 e. The number of carbonyl (C=O) groups is 3. The fraction of sp³-hybridized carbons (Fsp3) is 0.769. The highest BCUT2D eigenvalue weighted by atomic mass is 32.2. The molecule has 128 valence electrons. The Bertz CT molecular complexity index is 393. The van der Waals surface area contributed by atoms with Gasteiger partial charge in [-0.2, -0.15) is 24.4 Å². The van der Waals surface area contributed by atoms with Gasteiger partial charge in [-0.25, -0.2) is 4.79 Å². The highest BCUT2D eigenvalue weighted by molar-refractivity contribution is 7.98. The summed E-state index contributed by atoms with van der Waals surface area (Å²) >= 11 is 5.47. The van der Waals surface area contributed by atoms with Gasteiger partial charge < -0.3 is 21.5 Å².